The predicted molar refractivity (Wildman–Crippen MR) is 63.9 cm³/mol. The number of benzene rings is 1. The number of fused-ring (bicyclic) bond motifs is 1. The van der Waals surface area contributed by atoms with Crippen LogP contribution in [-0.4, -0.2) is 24.5 Å². The summed E-state index contributed by atoms with van der Waals surface area (Å²) in [6.07, 6.45) is 1.41. The van der Waals surface area contributed by atoms with Crippen molar-refractivity contribution in [1.29, 1.82) is 0 Å². The molecule has 1 unspecified atom stereocenters. The fourth-order valence-corrected chi connectivity index (χ4v) is 1.88. The second-order valence-corrected chi connectivity index (χ2v) is 4.15. The van der Waals surface area contributed by atoms with Gasteiger partial charge in [0.15, 0.2) is 0 Å². The average molecular weight is 240 g/mol. The standard InChI is InChI=1S/C12H14ClNO2/c13-6-3-7-16-12(15)11-8-9-4-1-2-5-10(9)14-11/h1-2,4-5,11,14H,3,6-8H2. The number of carbonyl (C=O) groups is 1. The fraction of sp³-hybridized carbons (Fsp3) is 0.417. The molecule has 0 saturated heterocycles. The van der Waals surface area contributed by atoms with Gasteiger partial charge in [-0.25, -0.2) is 4.79 Å². The summed E-state index contributed by atoms with van der Waals surface area (Å²) in [5.74, 6) is 0.326. The van der Waals surface area contributed by atoms with Gasteiger partial charge in [0.2, 0.25) is 0 Å². The van der Waals surface area contributed by atoms with E-state index in [0.717, 1.165) is 5.69 Å². The third-order valence-electron chi connectivity index (χ3n) is 2.58. The van der Waals surface area contributed by atoms with E-state index in [4.69, 9.17) is 16.3 Å². The van der Waals surface area contributed by atoms with Gasteiger partial charge < -0.3 is 10.1 Å². The molecule has 0 bridgehead atoms. The number of hydrogen-bond donors (Lipinski definition) is 1. The zero-order chi connectivity index (χ0) is 11.4. The minimum atomic E-state index is -0.243. The Bertz CT molecular complexity index is 356. The average Bonchev–Trinajstić information content (AvgIpc) is 2.73. The number of esters is 1. The summed E-state index contributed by atoms with van der Waals surface area (Å²) in [6, 6.07) is 7.68. The number of ether oxygens (including phenoxy) is 1. The molecule has 2 rings (SSSR count). The lowest BCUT2D eigenvalue weighted by Crippen LogP contribution is -2.29. The van der Waals surface area contributed by atoms with Gasteiger partial charge in [-0.05, 0) is 18.1 Å². The van der Waals surface area contributed by atoms with E-state index in [1.807, 2.05) is 24.3 Å². The van der Waals surface area contributed by atoms with Crippen molar-refractivity contribution in [1.82, 2.24) is 0 Å². The first kappa shape index (κ1) is 11.3. The van der Waals surface area contributed by atoms with Gasteiger partial charge in [0, 0.05) is 18.0 Å². The normalized spacial score (nSPS) is 17.7. The molecule has 1 atom stereocenters. The molecule has 1 aliphatic heterocycles. The van der Waals surface area contributed by atoms with Crippen molar-refractivity contribution in [3.05, 3.63) is 29.8 Å². The molecule has 1 heterocycles. The van der Waals surface area contributed by atoms with Crippen LogP contribution >= 0.6 is 11.6 Å². The van der Waals surface area contributed by atoms with Gasteiger partial charge in [-0.1, -0.05) is 18.2 Å². The molecular weight excluding hydrogens is 226 g/mol. The van der Waals surface area contributed by atoms with E-state index in [0.29, 0.717) is 25.3 Å². The number of para-hydroxylation sites is 1. The summed E-state index contributed by atoms with van der Waals surface area (Å²) in [5.41, 5.74) is 2.20. The first-order chi connectivity index (χ1) is 7.81. The van der Waals surface area contributed by atoms with Gasteiger partial charge in [-0.3, -0.25) is 0 Å². The van der Waals surface area contributed by atoms with Crippen molar-refractivity contribution in [3.8, 4) is 0 Å². The molecule has 1 aromatic rings. The predicted octanol–water partition coefficient (Wildman–Crippen LogP) is 2.20. The van der Waals surface area contributed by atoms with Gasteiger partial charge in [-0.15, -0.1) is 11.6 Å². The van der Waals surface area contributed by atoms with Crippen LogP contribution in [0.4, 0.5) is 5.69 Å². The van der Waals surface area contributed by atoms with Crippen molar-refractivity contribution in [2.75, 3.05) is 17.8 Å². The molecule has 0 aromatic heterocycles. The molecule has 1 N–H and O–H groups in total. The van der Waals surface area contributed by atoms with Crippen LogP contribution in [0.5, 0.6) is 0 Å². The summed E-state index contributed by atoms with van der Waals surface area (Å²) in [7, 11) is 0. The molecule has 0 fully saturated rings. The molecule has 1 aromatic carbocycles. The number of alkyl halides is 1. The maximum absolute atomic E-state index is 11.7. The molecule has 16 heavy (non-hydrogen) atoms. The lowest BCUT2D eigenvalue weighted by atomic mass is 10.1. The third kappa shape index (κ3) is 2.47. The highest BCUT2D eigenvalue weighted by atomic mass is 35.5. The van der Waals surface area contributed by atoms with Gasteiger partial charge in [0.25, 0.3) is 0 Å². The lowest BCUT2D eigenvalue weighted by Gasteiger charge is -2.10. The number of rotatable bonds is 4. The molecule has 0 amide bonds. The van der Waals surface area contributed by atoms with Crippen LogP contribution in [0.3, 0.4) is 0 Å². The van der Waals surface area contributed by atoms with Gasteiger partial charge >= 0.3 is 5.97 Å². The summed E-state index contributed by atoms with van der Waals surface area (Å²) in [5, 5.41) is 3.15. The number of anilines is 1. The van der Waals surface area contributed by atoms with Crippen molar-refractivity contribution >= 4 is 23.3 Å². The third-order valence-corrected chi connectivity index (χ3v) is 2.85. The molecule has 0 saturated carbocycles. The number of carbonyl (C=O) groups excluding carboxylic acids is 1. The van der Waals surface area contributed by atoms with Crippen LogP contribution in [0.25, 0.3) is 0 Å². The van der Waals surface area contributed by atoms with E-state index in [1.165, 1.54) is 5.56 Å². The molecule has 4 heteroatoms. The first-order valence-electron chi connectivity index (χ1n) is 5.38. The molecule has 0 spiro atoms. The van der Waals surface area contributed by atoms with Crippen molar-refractivity contribution < 1.29 is 9.53 Å². The smallest absolute Gasteiger partial charge is 0.328 e. The second kappa shape index (κ2) is 5.21. The summed E-state index contributed by atoms with van der Waals surface area (Å²) < 4.78 is 5.11. The van der Waals surface area contributed by atoms with E-state index in [-0.39, 0.29) is 12.0 Å². The Morgan fingerprint density at radius 1 is 1.50 bits per heavy atom. The van der Waals surface area contributed by atoms with E-state index >= 15 is 0 Å². The van der Waals surface area contributed by atoms with Crippen molar-refractivity contribution in [2.24, 2.45) is 0 Å². The highest BCUT2D eigenvalue weighted by Crippen LogP contribution is 2.25. The van der Waals surface area contributed by atoms with Gasteiger partial charge in [0.05, 0.1) is 6.61 Å². The molecule has 1 aliphatic rings. The van der Waals surface area contributed by atoms with E-state index < -0.39 is 0 Å². The Morgan fingerprint density at radius 3 is 3.06 bits per heavy atom. The zero-order valence-electron chi connectivity index (χ0n) is 8.91. The van der Waals surface area contributed by atoms with Crippen LogP contribution in [0, 0.1) is 0 Å². The SMILES string of the molecule is O=C(OCCCCl)C1Cc2ccccc2N1. The van der Waals surface area contributed by atoms with Crippen molar-refractivity contribution in [2.45, 2.75) is 18.9 Å². The fourth-order valence-electron chi connectivity index (χ4n) is 1.77. The van der Waals surface area contributed by atoms with Crippen LogP contribution in [0.2, 0.25) is 0 Å². The molecule has 86 valence electrons. The summed E-state index contributed by atoms with van der Waals surface area (Å²) in [6.45, 7) is 0.400. The Hall–Kier alpha value is -1.22. The first-order valence-corrected chi connectivity index (χ1v) is 5.92. The maximum atomic E-state index is 11.7. The van der Waals surface area contributed by atoms with Crippen LogP contribution < -0.4 is 5.32 Å². The van der Waals surface area contributed by atoms with E-state index in [9.17, 15) is 4.79 Å². The Balaban J connectivity index is 1.88. The lowest BCUT2D eigenvalue weighted by molar-refractivity contribution is -0.144. The zero-order valence-corrected chi connectivity index (χ0v) is 9.67. The second-order valence-electron chi connectivity index (χ2n) is 3.77. The molecule has 0 radical (unpaired) electrons. The maximum Gasteiger partial charge on any atom is 0.328 e. The Kier molecular flexibility index (Phi) is 3.67. The van der Waals surface area contributed by atoms with Crippen LogP contribution in [-0.2, 0) is 16.0 Å². The van der Waals surface area contributed by atoms with Gasteiger partial charge in [0.1, 0.15) is 6.04 Å². The molecular formula is C12H14ClNO2. The van der Waals surface area contributed by atoms with Crippen LogP contribution in [0.1, 0.15) is 12.0 Å². The monoisotopic (exact) mass is 239 g/mol. The quantitative estimate of drug-likeness (QED) is 0.497. The van der Waals surface area contributed by atoms with Crippen molar-refractivity contribution in [3.63, 3.8) is 0 Å². The van der Waals surface area contributed by atoms with Crippen LogP contribution in [0.15, 0.2) is 24.3 Å². The molecule has 3 nitrogen and oxygen atoms in total. The Labute approximate surface area is 99.7 Å². The highest BCUT2D eigenvalue weighted by molar-refractivity contribution is 6.17. The number of nitrogens with one attached hydrogen (secondary N) is 1. The highest BCUT2D eigenvalue weighted by Gasteiger charge is 2.27. The van der Waals surface area contributed by atoms with Gasteiger partial charge in [-0.2, -0.15) is 0 Å². The topological polar surface area (TPSA) is 38.3 Å². The minimum absolute atomic E-state index is 0.193. The molecule has 0 aliphatic carbocycles. The summed E-state index contributed by atoms with van der Waals surface area (Å²) in [4.78, 5) is 11.7. The van der Waals surface area contributed by atoms with E-state index in [2.05, 4.69) is 5.32 Å². The van der Waals surface area contributed by atoms with E-state index in [1.54, 1.807) is 0 Å². The number of halogens is 1. The summed E-state index contributed by atoms with van der Waals surface area (Å²) >= 11 is 5.51. The number of hydrogen-bond acceptors (Lipinski definition) is 3. The minimum Gasteiger partial charge on any atom is -0.464 e. The Morgan fingerprint density at radius 2 is 2.31 bits per heavy atom. The largest absolute Gasteiger partial charge is 0.464 e.